The zero-order valence-corrected chi connectivity index (χ0v) is 18.2. The first-order valence-corrected chi connectivity index (χ1v) is 10.3. The molecule has 11 nitrogen and oxygen atoms in total. The second-order valence-corrected chi connectivity index (χ2v) is 7.52. The minimum Gasteiger partial charge on any atom is -0.478 e. The molecule has 0 spiro atoms. The first kappa shape index (κ1) is 22.0. The molecule has 0 saturated carbocycles. The summed E-state index contributed by atoms with van der Waals surface area (Å²) in [5.41, 5.74) is 1.47. The van der Waals surface area contributed by atoms with Gasteiger partial charge in [-0.15, -0.1) is 0 Å². The fraction of sp³-hybridized carbons (Fsp3) is 0. The molecule has 13 heteroatoms. The molecule has 0 aliphatic rings. The Kier molecular flexibility index (Phi) is 5.55. The molecular formula is C22H13ClFN7O4. The van der Waals surface area contributed by atoms with E-state index in [9.17, 15) is 14.3 Å². The highest BCUT2D eigenvalue weighted by molar-refractivity contribution is 6.31. The van der Waals surface area contributed by atoms with Crippen molar-refractivity contribution in [3.63, 3.8) is 0 Å². The Hall–Kier alpha value is -4.84. The summed E-state index contributed by atoms with van der Waals surface area (Å²) in [6.45, 7) is 0. The Balaban J connectivity index is 1.57. The molecule has 0 fully saturated rings. The number of benzene rings is 2. The van der Waals surface area contributed by atoms with Crippen molar-refractivity contribution in [2.75, 3.05) is 5.32 Å². The van der Waals surface area contributed by atoms with Gasteiger partial charge >= 0.3 is 5.97 Å². The summed E-state index contributed by atoms with van der Waals surface area (Å²) in [5, 5.41) is 23.4. The number of carboxylic acids is 1. The van der Waals surface area contributed by atoms with Crippen LogP contribution in [0.15, 0.2) is 68.7 Å². The summed E-state index contributed by atoms with van der Waals surface area (Å²) < 4.78 is 24.2. The van der Waals surface area contributed by atoms with Crippen LogP contribution in [-0.4, -0.2) is 37.1 Å². The summed E-state index contributed by atoms with van der Waals surface area (Å²) in [6.07, 6.45) is 0. The summed E-state index contributed by atoms with van der Waals surface area (Å²) in [6, 6.07) is 13.5. The van der Waals surface area contributed by atoms with E-state index in [4.69, 9.17) is 26.5 Å². The van der Waals surface area contributed by atoms with E-state index in [0.29, 0.717) is 17.0 Å². The summed E-state index contributed by atoms with van der Waals surface area (Å²) in [4.78, 5) is 20.0. The predicted octanol–water partition coefficient (Wildman–Crippen LogP) is 4.22. The number of nitrogens with two attached hydrogens (primary N) is 1. The highest BCUT2D eigenvalue weighted by Crippen LogP contribution is 2.28. The zero-order chi connectivity index (χ0) is 24.5. The topological polar surface area (TPSA) is 166 Å². The van der Waals surface area contributed by atoms with Gasteiger partial charge in [0.25, 0.3) is 0 Å². The van der Waals surface area contributed by atoms with E-state index in [1.54, 1.807) is 24.3 Å². The monoisotopic (exact) mass is 493 g/mol. The minimum atomic E-state index is -1.07. The third kappa shape index (κ3) is 4.25. The molecule has 35 heavy (non-hydrogen) atoms. The Morgan fingerprint density at radius 3 is 2.63 bits per heavy atom. The lowest BCUT2D eigenvalue weighted by Gasteiger charge is -2.11. The van der Waals surface area contributed by atoms with Crippen molar-refractivity contribution in [3.05, 3.63) is 82.5 Å². The molecule has 0 bridgehead atoms. The number of carboxylic acid groups (broad SMARTS) is 1. The summed E-state index contributed by atoms with van der Waals surface area (Å²) in [7, 11) is 0. The van der Waals surface area contributed by atoms with Gasteiger partial charge < -0.3 is 20.7 Å². The lowest BCUT2D eigenvalue weighted by atomic mass is 10.1. The Morgan fingerprint density at radius 2 is 1.89 bits per heavy atom. The molecule has 0 unspecified atom stereocenters. The zero-order valence-electron chi connectivity index (χ0n) is 17.4. The van der Waals surface area contributed by atoms with Gasteiger partial charge in [0.2, 0.25) is 11.3 Å². The Labute approximate surface area is 200 Å². The maximum atomic E-state index is 13.6. The number of nitrogens with zero attached hydrogens (tertiary/aromatic N) is 5. The Bertz CT molecular complexity index is 1610. The Morgan fingerprint density at radius 1 is 1.09 bits per heavy atom. The molecule has 0 saturated heterocycles. The maximum Gasteiger partial charge on any atom is 0.335 e. The van der Waals surface area contributed by atoms with Crippen LogP contribution in [0.4, 0.5) is 15.9 Å². The highest BCUT2D eigenvalue weighted by Gasteiger charge is 2.22. The highest BCUT2D eigenvalue weighted by atomic mass is 35.5. The number of halogens is 2. The van der Waals surface area contributed by atoms with Gasteiger partial charge in [0.1, 0.15) is 17.3 Å². The van der Waals surface area contributed by atoms with Gasteiger partial charge in [-0.25, -0.2) is 23.8 Å². The molecule has 0 aliphatic carbocycles. The van der Waals surface area contributed by atoms with Gasteiger partial charge in [0.15, 0.2) is 17.3 Å². The lowest BCUT2D eigenvalue weighted by molar-refractivity contribution is 0.0697. The van der Waals surface area contributed by atoms with Gasteiger partial charge in [-0.1, -0.05) is 23.7 Å². The van der Waals surface area contributed by atoms with E-state index in [-0.39, 0.29) is 44.9 Å². The largest absolute Gasteiger partial charge is 0.478 e. The van der Waals surface area contributed by atoms with Crippen LogP contribution in [0, 0.1) is 5.82 Å². The summed E-state index contributed by atoms with van der Waals surface area (Å²) >= 11 is 5.89. The fourth-order valence-electron chi connectivity index (χ4n) is 3.27. The normalized spacial score (nSPS) is 11.7. The maximum absolute atomic E-state index is 13.6. The number of nitrogens with one attached hydrogen (secondary N) is 1. The number of hydrogen-bond donors (Lipinski definition) is 3. The first-order valence-electron chi connectivity index (χ1n) is 9.87. The van der Waals surface area contributed by atoms with E-state index in [1.165, 1.54) is 30.3 Å². The van der Waals surface area contributed by atoms with Crippen molar-refractivity contribution < 1.29 is 23.3 Å². The van der Waals surface area contributed by atoms with Crippen LogP contribution in [0.25, 0.3) is 22.6 Å². The van der Waals surface area contributed by atoms with Crippen LogP contribution in [0.2, 0.25) is 5.02 Å². The number of anilines is 2. The molecule has 3 aromatic heterocycles. The van der Waals surface area contributed by atoms with E-state index >= 15 is 0 Å². The smallest absolute Gasteiger partial charge is 0.335 e. The van der Waals surface area contributed by atoms with Crippen LogP contribution >= 0.6 is 11.6 Å². The third-order valence-corrected chi connectivity index (χ3v) is 5.17. The molecular weight excluding hydrogens is 481 g/mol. The van der Waals surface area contributed by atoms with E-state index in [1.807, 2.05) is 0 Å². The van der Waals surface area contributed by atoms with Gasteiger partial charge in [-0.3, -0.25) is 0 Å². The molecule has 2 aromatic carbocycles. The molecule has 174 valence electrons. The van der Waals surface area contributed by atoms with Crippen LogP contribution in [0.3, 0.4) is 0 Å². The van der Waals surface area contributed by atoms with Gasteiger partial charge in [-0.05, 0) is 52.8 Å². The molecule has 4 N–H and O–H groups in total. The molecule has 0 aliphatic heterocycles. The van der Waals surface area contributed by atoms with Crippen molar-refractivity contribution in [1.82, 2.24) is 20.3 Å². The number of carbonyl (C=O) groups is 1. The van der Waals surface area contributed by atoms with E-state index < -0.39 is 11.8 Å². The van der Waals surface area contributed by atoms with Crippen molar-refractivity contribution in [1.29, 1.82) is 0 Å². The second-order valence-electron chi connectivity index (χ2n) is 7.11. The average Bonchev–Trinajstić information content (AvgIpc) is 3.52. The van der Waals surface area contributed by atoms with Crippen molar-refractivity contribution >= 4 is 46.1 Å². The van der Waals surface area contributed by atoms with Crippen molar-refractivity contribution in [2.45, 2.75) is 0 Å². The average molecular weight is 494 g/mol. The number of hydrogen-bond acceptors (Lipinski definition) is 10. The van der Waals surface area contributed by atoms with Crippen LogP contribution in [0.1, 0.15) is 21.8 Å². The number of furan rings is 1. The summed E-state index contributed by atoms with van der Waals surface area (Å²) in [5.74, 6) is 4.79. The third-order valence-electron chi connectivity index (χ3n) is 4.88. The second kappa shape index (κ2) is 8.83. The first-order chi connectivity index (χ1) is 16.9. The molecule has 5 rings (SSSR count). The SMILES string of the molecule is NN=C(c1ccc(-c2cccc(C(=O)O)c2)o1)c1nc2nonc2nc1Nc1ccc(F)c(Cl)c1. The van der Waals surface area contributed by atoms with Crippen LogP contribution in [0.5, 0.6) is 0 Å². The van der Waals surface area contributed by atoms with Gasteiger partial charge in [0.05, 0.1) is 10.6 Å². The quantitative estimate of drug-likeness (QED) is 0.177. The van der Waals surface area contributed by atoms with Crippen molar-refractivity contribution in [2.24, 2.45) is 10.9 Å². The van der Waals surface area contributed by atoms with Gasteiger partial charge in [-0.2, -0.15) is 5.10 Å². The van der Waals surface area contributed by atoms with Crippen molar-refractivity contribution in [3.8, 4) is 11.3 Å². The standard InChI is InChI=1S/C22H13ClFN7O4/c23-13-9-12(4-5-14(13)24)26-19-18(27-20-21(28-19)31-35-30-20)17(29-25)16-7-6-15(34-16)10-2-1-3-11(8-10)22(32)33/h1-9H,25H2,(H,32,33)(H,26,28,31). The van der Waals surface area contributed by atoms with Gasteiger partial charge in [0, 0.05) is 11.3 Å². The predicted molar refractivity (Wildman–Crippen MR) is 123 cm³/mol. The fourth-order valence-corrected chi connectivity index (χ4v) is 3.45. The molecule has 3 heterocycles. The number of fused-ring (bicyclic) bond motifs is 1. The molecule has 5 aromatic rings. The number of aromatic carboxylic acids is 1. The van der Waals surface area contributed by atoms with Crippen LogP contribution < -0.4 is 11.2 Å². The molecule has 0 radical (unpaired) electrons. The number of rotatable bonds is 6. The van der Waals surface area contributed by atoms with Crippen LogP contribution in [-0.2, 0) is 0 Å². The molecule has 0 amide bonds. The number of hydrazone groups is 1. The molecule has 0 atom stereocenters. The minimum absolute atomic E-state index is 0.0878. The lowest BCUT2D eigenvalue weighted by Crippen LogP contribution is -2.13. The number of aromatic nitrogens is 4. The van der Waals surface area contributed by atoms with E-state index in [2.05, 4.69) is 30.7 Å². The van der Waals surface area contributed by atoms with E-state index in [0.717, 1.165) is 0 Å².